The SMILES string of the molecule is COc1ccc(NC(=O)NC2CCOc3ccccc32)cc1F. The predicted octanol–water partition coefficient (Wildman–Crippen LogP) is 3.48. The number of amides is 2. The highest BCUT2D eigenvalue weighted by atomic mass is 19.1. The maximum absolute atomic E-state index is 13.6. The molecule has 0 saturated carbocycles. The number of carbonyl (C=O) groups is 1. The Hall–Kier alpha value is -2.76. The monoisotopic (exact) mass is 316 g/mol. The molecule has 0 saturated heterocycles. The van der Waals surface area contributed by atoms with E-state index in [1.807, 2.05) is 24.3 Å². The number of halogens is 1. The Bertz CT molecular complexity index is 721. The smallest absolute Gasteiger partial charge is 0.319 e. The van der Waals surface area contributed by atoms with Crippen LogP contribution in [0.15, 0.2) is 42.5 Å². The number of ether oxygens (including phenoxy) is 2. The van der Waals surface area contributed by atoms with Gasteiger partial charge in [-0.1, -0.05) is 18.2 Å². The van der Waals surface area contributed by atoms with Crippen molar-refractivity contribution in [1.82, 2.24) is 5.32 Å². The van der Waals surface area contributed by atoms with Gasteiger partial charge in [-0.05, 0) is 18.2 Å². The molecular formula is C17H17FN2O3. The molecule has 1 atom stereocenters. The lowest BCUT2D eigenvalue weighted by Crippen LogP contribution is -2.35. The van der Waals surface area contributed by atoms with Gasteiger partial charge in [0.15, 0.2) is 11.6 Å². The van der Waals surface area contributed by atoms with Gasteiger partial charge in [-0.2, -0.15) is 0 Å². The summed E-state index contributed by atoms with van der Waals surface area (Å²) in [6.45, 7) is 0.541. The molecule has 1 aliphatic heterocycles. The molecule has 0 bridgehead atoms. The van der Waals surface area contributed by atoms with E-state index in [9.17, 15) is 9.18 Å². The quantitative estimate of drug-likeness (QED) is 0.911. The molecule has 0 aliphatic carbocycles. The van der Waals surface area contributed by atoms with Crippen LogP contribution in [0.2, 0.25) is 0 Å². The average molecular weight is 316 g/mol. The van der Waals surface area contributed by atoms with Crippen molar-refractivity contribution in [1.29, 1.82) is 0 Å². The second-order valence-electron chi connectivity index (χ2n) is 5.18. The second kappa shape index (κ2) is 6.56. The third-order valence-electron chi connectivity index (χ3n) is 3.67. The number of fused-ring (bicyclic) bond motifs is 1. The lowest BCUT2D eigenvalue weighted by molar-refractivity contribution is 0.232. The van der Waals surface area contributed by atoms with Crippen LogP contribution in [0.25, 0.3) is 0 Å². The lowest BCUT2D eigenvalue weighted by Gasteiger charge is -2.26. The molecule has 3 rings (SSSR count). The maximum atomic E-state index is 13.6. The van der Waals surface area contributed by atoms with Crippen LogP contribution in [-0.4, -0.2) is 19.7 Å². The number of para-hydroxylation sites is 1. The summed E-state index contributed by atoms with van der Waals surface area (Å²) in [6, 6.07) is 11.3. The van der Waals surface area contributed by atoms with Crippen LogP contribution >= 0.6 is 0 Å². The van der Waals surface area contributed by atoms with Gasteiger partial charge in [0.2, 0.25) is 0 Å². The molecule has 120 valence electrons. The van der Waals surface area contributed by atoms with Crippen molar-refractivity contribution in [3.05, 3.63) is 53.8 Å². The Morgan fingerprint density at radius 1 is 1.30 bits per heavy atom. The number of benzene rings is 2. The molecule has 5 nitrogen and oxygen atoms in total. The first-order chi connectivity index (χ1) is 11.2. The normalized spacial score (nSPS) is 16.0. The summed E-state index contributed by atoms with van der Waals surface area (Å²) in [5, 5.41) is 5.51. The van der Waals surface area contributed by atoms with Crippen LogP contribution in [0.4, 0.5) is 14.9 Å². The fourth-order valence-electron chi connectivity index (χ4n) is 2.56. The van der Waals surface area contributed by atoms with E-state index in [4.69, 9.17) is 9.47 Å². The van der Waals surface area contributed by atoms with Gasteiger partial charge >= 0.3 is 6.03 Å². The molecule has 2 amide bonds. The Labute approximate surface area is 133 Å². The molecular weight excluding hydrogens is 299 g/mol. The van der Waals surface area contributed by atoms with E-state index >= 15 is 0 Å². The van der Waals surface area contributed by atoms with Gasteiger partial charge < -0.3 is 20.1 Å². The molecule has 1 aliphatic rings. The molecule has 2 aromatic rings. The highest BCUT2D eigenvalue weighted by molar-refractivity contribution is 5.89. The van der Waals surface area contributed by atoms with Crippen LogP contribution in [0, 0.1) is 5.82 Å². The Morgan fingerprint density at radius 2 is 2.13 bits per heavy atom. The van der Waals surface area contributed by atoms with E-state index in [1.54, 1.807) is 6.07 Å². The van der Waals surface area contributed by atoms with Gasteiger partial charge in [0, 0.05) is 23.7 Å². The first-order valence-electron chi connectivity index (χ1n) is 7.30. The summed E-state index contributed by atoms with van der Waals surface area (Å²) in [5.41, 5.74) is 1.30. The van der Waals surface area contributed by atoms with Crippen molar-refractivity contribution in [3.8, 4) is 11.5 Å². The summed E-state index contributed by atoms with van der Waals surface area (Å²) in [6.07, 6.45) is 0.682. The molecule has 0 spiro atoms. The fourth-order valence-corrected chi connectivity index (χ4v) is 2.56. The first-order valence-corrected chi connectivity index (χ1v) is 7.30. The number of hydrogen-bond donors (Lipinski definition) is 2. The molecule has 23 heavy (non-hydrogen) atoms. The van der Waals surface area contributed by atoms with Crippen molar-refractivity contribution in [2.24, 2.45) is 0 Å². The van der Waals surface area contributed by atoms with Gasteiger partial charge in [-0.25, -0.2) is 9.18 Å². The van der Waals surface area contributed by atoms with Crippen LogP contribution in [0.1, 0.15) is 18.0 Å². The third kappa shape index (κ3) is 3.36. The third-order valence-corrected chi connectivity index (χ3v) is 3.67. The van der Waals surface area contributed by atoms with Crippen LogP contribution < -0.4 is 20.1 Å². The van der Waals surface area contributed by atoms with E-state index in [0.29, 0.717) is 18.7 Å². The first kappa shape index (κ1) is 15.1. The average Bonchev–Trinajstić information content (AvgIpc) is 2.55. The number of anilines is 1. The molecule has 1 heterocycles. The van der Waals surface area contributed by atoms with Crippen molar-refractivity contribution < 1.29 is 18.7 Å². The minimum Gasteiger partial charge on any atom is -0.494 e. The summed E-state index contributed by atoms with van der Waals surface area (Å²) < 4.78 is 24.1. The number of methoxy groups -OCH3 is 1. The zero-order valence-electron chi connectivity index (χ0n) is 12.6. The number of hydrogen-bond acceptors (Lipinski definition) is 3. The number of rotatable bonds is 3. The van der Waals surface area contributed by atoms with E-state index in [1.165, 1.54) is 19.2 Å². The second-order valence-corrected chi connectivity index (χ2v) is 5.18. The molecule has 0 fully saturated rings. The van der Waals surface area contributed by atoms with Gasteiger partial charge in [-0.15, -0.1) is 0 Å². The van der Waals surface area contributed by atoms with E-state index in [2.05, 4.69) is 10.6 Å². The van der Waals surface area contributed by atoms with Crippen LogP contribution in [0.3, 0.4) is 0 Å². The Balaban J connectivity index is 1.67. The molecule has 6 heteroatoms. The molecule has 0 aromatic heterocycles. The summed E-state index contributed by atoms with van der Waals surface area (Å²) in [4.78, 5) is 12.1. The summed E-state index contributed by atoms with van der Waals surface area (Å²) >= 11 is 0. The molecule has 0 radical (unpaired) electrons. The van der Waals surface area contributed by atoms with Crippen LogP contribution in [-0.2, 0) is 0 Å². The van der Waals surface area contributed by atoms with Crippen LogP contribution in [0.5, 0.6) is 11.5 Å². The zero-order valence-corrected chi connectivity index (χ0v) is 12.6. The maximum Gasteiger partial charge on any atom is 0.319 e. The molecule has 2 N–H and O–H groups in total. The highest BCUT2D eigenvalue weighted by Gasteiger charge is 2.22. The number of carbonyl (C=O) groups excluding carboxylic acids is 1. The molecule has 1 unspecified atom stereocenters. The van der Waals surface area contributed by atoms with Crippen molar-refractivity contribution >= 4 is 11.7 Å². The molecule has 2 aromatic carbocycles. The zero-order chi connectivity index (χ0) is 16.2. The highest BCUT2D eigenvalue weighted by Crippen LogP contribution is 2.31. The minimum absolute atomic E-state index is 0.134. The fraction of sp³-hybridized carbons (Fsp3) is 0.235. The minimum atomic E-state index is -0.526. The van der Waals surface area contributed by atoms with Gasteiger partial charge in [0.25, 0.3) is 0 Å². The van der Waals surface area contributed by atoms with Gasteiger partial charge in [-0.3, -0.25) is 0 Å². The number of urea groups is 1. The summed E-state index contributed by atoms with van der Waals surface area (Å²) in [7, 11) is 1.39. The number of nitrogens with one attached hydrogen (secondary N) is 2. The lowest BCUT2D eigenvalue weighted by atomic mass is 10.0. The van der Waals surface area contributed by atoms with E-state index < -0.39 is 11.8 Å². The predicted molar refractivity (Wildman–Crippen MR) is 84.4 cm³/mol. The van der Waals surface area contributed by atoms with Crippen molar-refractivity contribution in [2.75, 3.05) is 19.0 Å². The Morgan fingerprint density at radius 3 is 2.91 bits per heavy atom. The Kier molecular flexibility index (Phi) is 4.32. The summed E-state index contributed by atoms with van der Waals surface area (Å²) in [5.74, 6) is 0.385. The van der Waals surface area contributed by atoms with E-state index in [-0.39, 0.29) is 11.8 Å². The van der Waals surface area contributed by atoms with Gasteiger partial charge in [0.1, 0.15) is 5.75 Å². The van der Waals surface area contributed by atoms with Crippen molar-refractivity contribution in [2.45, 2.75) is 12.5 Å². The topological polar surface area (TPSA) is 59.6 Å². The van der Waals surface area contributed by atoms with E-state index in [0.717, 1.165) is 11.3 Å². The van der Waals surface area contributed by atoms with Gasteiger partial charge in [0.05, 0.1) is 19.8 Å². The van der Waals surface area contributed by atoms with Crippen molar-refractivity contribution in [3.63, 3.8) is 0 Å². The standard InChI is InChI=1S/C17H17FN2O3/c1-22-16-7-6-11(10-13(16)18)19-17(21)20-14-8-9-23-15-5-3-2-4-12(14)15/h2-7,10,14H,8-9H2,1H3,(H2,19,20,21). The largest absolute Gasteiger partial charge is 0.494 e.